The molecule has 0 aliphatic rings. The van der Waals surface area contributed by atoms with Gasteiger partial charge in [-0.2, -0.15) is 0 Å². The molecule has 9 heteroatoms. The molecule has 9 nitrogen and oxygen atoms in total. The number of aromatic nitrogens is 4. The smallest absolute Gasteiger partial charge is 0.258 e. The number of amides is 1. The van der Waals surface area contributed by atoms with Crippen molar-refractivity contribution in [2.75, 3.05) is 26.6 Å². The van der Waals surface area contributed by atoms with Crippen LogP contribution in [-0.4, -0.2) is 47.0 Å². The molecule has 0 saturated carbocycles. The Labute approximate surface area is 213 Å². The van der Waals surface area contributed by atoms with E-state index < -0.39 is 0 Å². The van der Waals surface area contributed by atoms with Crippen molar-refractivity contribution in [3.63, 3.8) is 0 Å². The van der Waals surface area contributed by atoms with Crippen molar-refractivity contribution in [1.29, 1.82) is 0 Å². The summed E-state index contributed by atoms with van der Waals surface area (Å²) in [7, 11) is 4.65. The van der Waals surface area contributed by atoms with Gasteiger partial charge < -0.3 is 14.2 Å². The number of pyridine rings is 1. The second kappa shape index (κ2) is 10.4. The molecule has 5 aromatic rings. The normalized spacial score (nSPS) is 10.8. The predicted octanol–water partition coefficient (Wildman–Crippen LogP) is 4.82. The summed E-state index contributed by atoms with van der Waals surface area (Å²) < 4.78 is 18.1. The topological polar surface area (TPSA) is 100 Å². The molecule has 1 N–H and O–H groups in total. The number of anilines is 1. The summed E-state index contributed by atoms with van der Waals surface area (Å²) in [4.78, 5) is 22.5. The zero-order valence-electron chi connectivity index (χ0n) is 20.6. The Hall–Kier alpha value is -4.92. The van der Waals surface area contributed by atoms with Crippen molar-refractivity contribution in [3.05, 3.63) is 90.3 Å². The van der Waals surface area contributed by atoms with E-state index in [1.165, 1.54) is 0 Å². The summed E-state index contributed by atoms with van der Waals surface area (Å²) in [6.07, 6.45) is 1.59. The first-order chi connectivity index (χ1) is 18.1. The summed E-state index contributed by atoms with van der Waals surface area (Å²) in [5, 5.41) is 7.93. The van der Waals surface area contributed by atoms with Crippen LogP contribution in [0.25, 0.3) is 22.2 Å². The molecule has 2 heterocycles. The van der Waals surface area contributed by atoms with Gasteiger partial charge in [0.25, 0.3) is 5.91 Å². The second-order valence-electron chi connectivity index (χ2n) is 8.19. The number of hydrogen-bond acceptors (Lipinski definition) is 7. The zero-order chi connectivity index (χ0) is 25.8. The molecule has 0 radical (unpaired) electrons. The van der Waals surface area contributed by atoms with E-state index in [1.54, 1.807) is 50.5 Å². The van der Waals surface area contributed by atoms with Crippen molar-refractivity contribution in [2.24, 2.45) is 0 Å². The van der Waals surface area contributed by atoms with E-state index in [0.29, 0.717) is 51.5 Å². The van der Waals surface area contributed by atoms with E-state index >= 15 is 0 Å². The highest BCUT2D eigenvalue weighted by atomic mass is 16.5. The molecule has 3 aromatic carbocycles. The first-order valence-corrected chi connectivity index (χ1v) is 11.5. The maximum absolute atomic E-state index is 13.4. The SMILES string of the molecule is COc1cc(-c2cc(C(=O)Nc3ncn(Cc4ccccc4)n3)c3ccccc3n2)cc(OC)c1OC. The number of nitrogens with one attached hydrogen (secondary N) is 1. The van der Waals surface area contributed by atoms with Crippen LogP contribution in [-0.2, 0) is 6.54 Å². The highest BCUT2D eigenvalue weighted by molar-refractivity contribution is 6.12. The van der Waals surface area contributed by atoms with Crippen LogP contribution in [0.5, 0.6) is 17.2 Å². The maximum atomic E-state index is 13.4. The summed E-state index contributed by atoms with van der Waals surface area (Å²) in [6.45, 7) is 0.549. The van der Waals surface area contributed by atoms with Gasteiger partial charge in [0, 0.05) is 10.9 Å². The quantitative estimate of drug-likeness (QED) is 0.329. The Kier molecular flexibility index (Phi) is 6.67. The molecule has 0 unspecified atom stereocenters. The van der Waals surface area contributed by atoms with Crippen LogP contribution >= 0.6 is 0 Å². The number of rotatable bonds is 8. The molecule has 0 fully saturated rings. The Balaban J connectivity index is 1.50. The van der Waals surface area contributed by atoms with Crippen molar-refractivity contribution >= 4 is 22.8 Å². The Morgan fingerprint density at radius 3 is 2.30 bits per heavy atom. The van der Waals surface area contributed by atoms with Gasteiger partial charge in [-0.3, -0.25) is 10.1 Å². The van der Waals surface area contributed by atoms with Crippen molar-refractivity contribution < 1.29 is 19.0 Å². The zero-order valence-corrected chi connectivity index (χ0v) is 20.6. The second-order valence-corrected chi connectivity index (χ2v) is 8.19. The standard InChI is InChI=1S/C28H25N5O4/c1-35-24-13-19(14-25(36-2)26(24)37-3)23-15-21(20-11-7-8-12-22(20)30-23)27(34)31-28-29-17-33(32-28)16-18-9-5-4-6-10-18/h4-15,17H,16H2,1-3H3,(H,31,32,34). The fourth-order valence-corrected chi connectivity index (χ4v) is 4.11. The summed E-state index contributed by atoms with van der Waals surface area (Å²) in [5.74, 6) is 1.34. The number of carbonyl (C=O) groups is 1. The number of nitrogens with zero attached hydrogens (tertiary/aromatic N) is 4. The fourth-order valence-electron chi connectivity index (χ4n) is 4.11. The molecule has 0 aliphatic carbocycles. The maximum Gasteiger partial charge on any atom is 0.258 e. The molecule has 2 aromatic heterocycles. The van der Waals surface area contributed by atoms with E-state index in [9.17, 15) is 4.79 Å². The minimum absolute atomic E-state index is 0.219. The molecule has 0 atom stereocenters. The minimum atomic E-state index is -0.343. The highest BCUT2D eigenvalue weighted by Gasteiger charge is 2.19. The molecule has 0 aliphatic heterocycles. The first-order valence-electron chi connectivity index (χ1n) is 11.5. The van der Waals surface area contributed by atoms with E-state index in [4.69, 9.17) is 19.2 Å². The van der Waals surface area contributed by atoms with E-state index in [-0.39, 0.29) is 11.9 Å². The average Bonchev–Trinajstić information content (AvgIpc) is 3.38. The minimum Gasteiger partial charge on any atom is -0.493 e. The number of para-hydroxylation sites is 1. The summed E-state index contributed by atoms with van der Waals surface area (Å²) in [5.41, 5.74) is 3.47. The number of carbonyl (C=O) groups excluding carboxylic acids is 1. The van der Waals surface area contributed by atoms with Crippen molar-refractivity contribution in [2.45, 2.75) is 6.54 Å². The van der Waals surface area contributed by atoms with Gasteiger partial charge in [-0.1, -0.05) is 48.5 Å². The van der Waals surface area contributed by atoms with Gasteiger partial charge in [0.2, 0.25) is 11.7 Å². The third kappa shape index (κ3) is 4.92. The van der Waals surface area contributed by atoms with Crippen LogP contribution in [0.2, 0.25) is 0 Å². The lowest BCUT2D eigenvalue weighted by atomic mass is 10.0. The summed E-state index contributed by atoms with van der Waals surface area (Å²) in [6, 6.07) is 22.7. The van der Waals surface area contributed by atoms with Gasteiger partial charge in [0.15, 0.2) is 11.5 Å². The lowest BCUT2D eigenvalue weighted by Crippen LogP contribution is -2.14. The molecule has 37 heavy (non-hydrogen) atoms. The lowest BCUT2D eigenvalue weighted by molar-refractivity contribution is 0.102. The molecular formula is C28H25N5O4. The highest BCUT2D eigenvalue weighted by Crippen LogP contribution is 2.41. The molecule has 0 spiro atoms. The molecule has 5 rings (SSSR count). The molecule has 0 saturated heterocycles. The van der Waals surface area contributed by atoms with Crippen molar-refractivity contribution in [3.8, 4) is 28.5 Å². The van der Waals surface area contributed by atoms with Gasteiger partial charge >= 0.3 is 0 Å². The predicted molar refractivity (Wildman–Crippen MR) is 140 cm³/mol. The Bertz CT molecular complexity index is 1540. The Morgan fingerprint density at radius 1 is 0.892 bits per heavy atom. The molecule has 186 valence electrons. The lowest BCUT2D eigenvalue weighted by Gasteiger charge is -2.15. The van der Waals surface area contributed by atoms with Crippen LogP contribution in [0.1, 0.15) is 15.9 Å². The van der Waals surface area contributed by atoms with Crippen LogP contribution in [0.3, 0.4) is 0 Å². The van der Waals surface area contributed by atoms with Crippen LogP contribution in [0.15, 0.2) is 79.1 Å². The number of methoxy groups -OCH3 is 3. The molecule has 1 amide bonds. The Morgan fingerprint density at radius 2 is 1.59 bits per heavy atom. The third-order valence-electron chi connectivity index (χ3n) is 5.87. The number of ether oxygens (including phenoxy) is 3. The summed E-state index contributed by atoms with van der Waals surface area (Å²) >= 11 is 0. The van der Waals surface area contributed by atoms with Crippen LogP contribution < -0.4 is 19.5 Å². The van der Waals surface area contributed by atoms with Crippen molar-refractivity contribution in [1.82, 2.24) is 19.7 Å². The van der Waals surface area contributed by atoms with E-state index in [0.717, 1.165) is 5.56 Å². The molecule has 0 bridgehead atoms. The van der Waals surface area contributed by atoms with E-state index in [2.05, 4.69) is 15.4 Å². The van der Waals surface area contributed by atoms with Gasteiger partial charge in [-0.15, -0.1) is 5.10 Å². The molecular weight excluding hydrogens is 470 g/mol. The number of hydrogen-bond donors (Lipinski definition) is 1. The van der Waals surface area contributed by atoms with Gasteiger partial charge in [-0.05, 0) is 29.8 Å². The average molecular weight is 496 g/mol. The van der Waals surface area contributed by atoms with Crippen LogP contribution in [0.4, 0.5) is 5.95 Å². The monoisotopic (exact) mass is 495 g/mol. The number of fused-ring (bicyclic) bond motifs is 1. The fraction of sp³-hybridized carbons (Fsp3) is 0.143. The van der Waals surface area contributed by atoms with Gasteiger partial charge in [-0.25, -0.2) is 14.6 Å². The van der Waals surface area contributed by atoms with E-state index in [1.807, 2.05) is 54.6 Å². The first kappa shape index (κ1) is 23.8. The van der Waals surface area contributed by atoms with Crippen LogP contribution in [0, 0.1) is 0 Å². The van der Waals surface area contributed by atoms with Gasteiger partial charge in [0.1, 0.15) is 6.33 Å². The van der Waals surface area contributed by atoms with Gasteiger partial charge in [0.05, 0.1) is 44.6 Å². The largest absolute Gasteiger partial charge is 0.493 e. The number of benzene rings is 3. The third-order valence-corrected chi connectivity index (χ3v) is 5.87.